The minimum absolute atomic E-state index is 0.118. The second-order valence-corrected chi connectivity index (χ2v) is 6.49. The van der Waals surface area contributed by atoms with Crippen molar-refractivity contribution in [3.63, 3.8) is 0 Å². The molecule has 132 valence electrons. The Balaban J connectivity index is 1.57. The zero-order valence-corrected chi connectivity index (χ0v) is 15.0. The molecule has 0 saturated carbocycles. The first-order chi connectivity index (χ1) is 12.0. The van der Waals surface area contributed by atoms with E-state index in [1.54, 1.807) is 12.1 Å². The molecule has 0 radical (unpaired) electrons. The Hall–Kier alpha value is -2.24. The van der Waals surface area contributed by atoms with Crippen molar-refractivity contribution < 1.29 is 14.3 Å². The van der Waals surface area contributed by atoms with E-state index >= 15 is 0 Å². The molecule has 1 amide bonds. The zero-order chi connectivity index (χ0) is 17.8. The van der Waals surface area contributed by atoms with E-state index in [0.29, 0.717) is 23.9 Å². The van der Waals surface area contributed by atoms with E-state index in [2.05, 4.69) is 5.32 Å². The molecular weight excluding hydrogens is 340 g/mol. The lowest BCUT2D eigenvalue weighted by Gasteiger charge is -2.31. The number of carbonyl (C=O) groups is 1. The van der Waals surface area contributed by atoms with Crippen LogP contribution in [0.15, 0.2) is 48.5 Å². The highest BCUT2D eigenvalue weighted by Gasteiger charge is 2.26. The van der Waals surface area contributed by atoms with Crippen LogP contribution in [0.3, 0.4) is 0 Å². The number of hydrogen-bond donors (Lipinski definition) is 1. The summed E-state index contributed by atoms with van der Waals surface area (Å²) < 4.78 is 11.7. The van der Waals surface area contributed by atoms with Crippen molar-refractivity contribution in [1.29, 1.82) is 0 Å². The molecule has 3 rings (SSSR count). The number of fused-ring (bicyclic) bond motifs is 1. The van der Waals surface area contributed by atoms with E-state index in [4.69, 9.17) is 21.1 Å². The van der Waals surface area contributed by atoms with Gasteiger partial charge in [-0.1, -0.05) is 35.9 Å². The molecule has 6 heteroatoms. The van der Waals surface area contributed by atoms with Gasteiger partial charge in [0.05, 0.1) is 16.8 Å². The zero-order valence-electron chi connectivity index (χ0n) is 14.2. The minimum Gasteiger partial charge on any atom is -0.486 e. The van der Waals surface area contributed by atoms with Gasteiger partial charge in [-0.05, 0) is 38.2 Å². The van der Waals surface area contributed by atoms with E-state index in [-0.39, 0.29) is 18.1 Å². The third kappa shape index (κ3) is 4.24. The van der Waals surface area contributed by atoms with Crippen LogP contribution >= 0.6 is 11.6 Å². The van der Waals surface area contributed by atoms with Gasteiger partial charge in [0, 0.05) is 6.54 Å². The summed E-state index contributed by atoms with van der Waals surface area (Å²) in [6.45, 7) is 2.88. The van der Waals surface area contributed by atoms with E-state index < -0.39 is 0 Å². The lowest BCUT2D eigenvalue weighted by Crippen LogP contribution is -2.46. The Kier molecular flexibility index (Phi) is 5.46. The van der Waals surface area contributed by atoms with E-state index in [1.165, 1.54) is 0 Å². The van der Waals surface area contributed by atoms with Gasteiger partial charge < -0.3 is 14.8 Å². The third-order valence-corrected chi connectivity index (χ3v) is 4.56. The van der Waals surface area contributed by atoms with Crippen molar-refractivity contribution >= 4 is 23.2 Å². The highest BCUT2D eigenvalue weighted by molar-refractivity contribution is 6.33. The largest absolute Gasteiger partial charge is 0.486 e. The van der Waals surface area contributed by atoms with Gasteiger partial charge in [-0.25, -0.2) is 0 Å². The topological polar surface area (TPSA) is 50.8 Å². The third-order valence-electron chi connectivity index (χ3n) is 4.23. The SMILES string of the molecule is C[C@@H](C(=O)Nc1ccccc1Cl)N(C)C[C@@H]1COc2ccccc2O1. The number of ether oxygens (including phenoxy) is 2. The molecule has 2 atom stereocenters. The molecule has 0 spiro atoms. The highest BCUT2D eigenvalue weighted by Crippen LogP contribution is 2.31. The van der Waals surface area contributed by atoms with Crippen molar-refractivity contribution in [2.75, 3.05) is 25.5 Å². The van der Waals surface area contributed by atoms with Gasteiger partial charge in [0.1, 0.15) is 12.7 Å². The number of benzene rings is 2. The molecule has 0 fully saturated rings. The summed E-state index contributed by atoms with van der Waals surface area (Å²) in [4.78, 5) is 14.4. The molecule has 2 aromatic carbocycles. The predicted molar refractivity (Wildman–Crippen MR) is 98.5 cm³/mol. The quantitative estimate of drug-likeness (QED) is 0.887. The molecule has 0 saturated heterocycles. The number of rotatable bonds is 5. The molecule has 2 aromatic rings. The number of hydrogen-bond acceptors (Lipinski definition) is 4. The van der Waals surface area contributed by atoms with Crippen molar-refractivity contribution in [2.24, 2.45) is 0 Å². The summed E-state index contributed by atoms with van der Waals surface area (Å²) in [6, 6.07) is 14.4. The Morgan fingerprint density at radius 1 is 1.24 bits per heavy atom. The maximum absolute atomic E-state index is 12.5. The van der Waals surface area contributed by atoms with Crippen LogP contribution in [0.2, 0.25) is 5.02 Å². The summed E-state index contributed by atoms with van der Waals surface area (Å²) in [7, 11) is 1.89. The standard InChI is InChI=1S/C19H21ClN2O3/c1-13(19(23)21-16-8-4-3-7-15(16)20)22(2)11-14-12-24-17-9-5-6-10-18(17)25-14/h3-10,13-14H,11-12H2,1-2H3,(H,21,23)/t13-,14+/m0/s1. The first-order valence-electron chi connectivity index (χ1n) is 8.18. The van der Waals surface area contributed by atoms with E-state index in [0.717, 1.165) is 11.5 Å². The summed E-state index contributed by atoms with van der Waals surface area (Å²) in [5.41, 5.74) is 0.612. The molecule has 1 heterocycles. The maximum atomic E-state index is 12.5. The van der Waals surface area contributed by atoms with Crippen molar-refractivity contribution in [3.05, 3.63) is 53.6 Å². The second-order valence-electron chi connectivity index (χ2n) is 6.08. The Morgan fingerprint density at radius 2 is 1.92 bits per heavy atom. The Morgan fingerprint density at radius 3 is 2.68 bits per heavy atom. The van der Waals surface area contributed by atoms with Crippen molar-refractivity contribution in [2.45, 2.75) is 19.1 Å². The van der Waals surface area contributed by atoms with Gasteiger partial charge in [-0.15, -0.1) is 0 Å². The summed E-state index contributed by atoms with van der Waals surface area (Å²) in [6.07, 6.45) is -0.129. The first-order valence-corrected chi connectivity index (χ1v) is 8.56. The van der Waals surface area contributed by atoms with Crippen molar-refractivity contribution in [1.82, 2.24) is 4.90 Å². The average Bonchev–Trinajstić information content (AvgIpc) is 2.62. The summed E-state index contributed by atoms with van der Waals surface area (Å²) in [5.74, 6) is 1.37. The predicted octanol–water partition coefficient (Wildman–Crippen LogP) is 3.44. The fourth-order valence-electron chi connectivity index (χ4n) is 2.63. The highest BCUT2D eigenvalue weighted by atomic mass is 35.5. The summed E-state index contributed by atoms with van der Waals surface area (Å²) in [5, 5.41) is 3.38. The molecule has 1 N–H and O–H groups in total. The van der Waals surface area contributed by atoms with Crippen LogP contribution in [0, 0.1) is 0 Å². The normalized spacial score (nSPS) is 17.2. The maximum Gasteiger partial charge on any atom is 0.241 e. The summed E-state index contributed by atoms with van der Waals surface area (Å²) >= 11 is 6.09. The number of anilines is 1. The van der Waals surface area contributed by atoms with Gasteiger partial charge in [0.15, 0.2) is 11.5 Å². The Labute approximate surface area is 152 Å². The van der Waals surface area contributed by atoms with Gasteiger partial charge in [-0.2, -0.15) is 0 Å². The minimum atomic E-state index is -0.336. The number of nitrogens with zero attached hydrogens (tertiary/aromatic N) is 1. The average molecular weight is 361 g/mol. The van der Waals surface area contributed by atoms with Gasteiger partial charge in [0.2, 0.25) is 5.91 Å². The van der Waals surface area contributed by atoms with Crippen LogP contribution in [0.25, 0.3) is 0 Å². The number of halogens is 1. The molecule has 0 unspecified atom stereocenters. The van der Waals surface area contributed by atoms with Gasteiger partial charge in [-0.3, -0.25) is 9.69 Å². The van der Waals surface area contributed by atoms with Crippen LogP contribution in [0.1, 0.15) is 6.92 Å². The number of para-hydroxylation sites is 3. The van der Waals surface area contributed by atoms with Crippen LogP contribution in [-0.2, 0) is 4.79 Å². The van der Waals surface area contributed by atoms with Crippen LogP contribution in [-0.4, -0.2) is 43.2 Å². The van der Waals surface area contributed by atoms with E-state index in [9.17, 15) is 4.79 Å². The molecule has 25 heavy (non-hydrogen) atoms. The molecule has 1 aliphatic heterocycles. The lowest BCUT2D eigenvalue weighted by molar-refractivity contribution is -0.120. The van der Waals surface area contributed by atoms with Gasteiger partial charge in [0.25, 0.3) is 0 Å². The number of likely N-dealkylation sites (N-methyl/N-ethyl adjacent to an activating group) is 1. The van der Waals surface area contributed by atoms with Gasteiger partial charge >= 0.3 is 0 Å². The molecule has 1 aliphatic rings. The first kappa shape index (κ1) is 17.6. The number of carbonyl (C=O) groups excluding carboxylic acids is 1. The Bertz CT molecular complexity index is 753. The molecule has 0 aromatic heterocycles. The van der Waals surface area contributed by atoms with Crippen molar-refractivity contribution in [3.8, 4) is 11.5 Å². The second kappa shape index (κ2) is 7.76. The molecule has 5 nitrogen and oxygen atoms in total. The van der Waals surface area contributed by atoms with Crippen LogP contribution in [0.5, 0.6) is 11.5 Å². The van der Waals surface area contributed by atoms with E-state index in [1.807, 2.05) is 55.3 Å². The molecule has 0 bridgehead atoms. The van der Waals surface area contributed by atoms with Crippen LogP contribution < -0.4 is 14.8 Å². The fraction of sp³-hybridized carbons (Fsp3) is 0.316. The smallest absolute Gasteiger partial charge is 0.241 e. The monoisotopic (exact) mass is 360 g/mol. The van der Waals surface area contributed by atoms with Crippen LogP contribution in [0.4, 0.5) is 5.69 Å². The number of amides is 1. The molecular formula is C19H21ClN2O3. The fourth-order valence-corrected chi connectivity index (χ4v) is 2.82. The molecule has 0 aliphatic carbocycles. The number of nitrogens with one attached hydrogen (secondary N) is 1. The lowest BCUT2D eigenvalue weighted by atomic mass is 10.2.